The number of rotatable bonds is 7. The molecule has 2 rings (SSSR count). The molecule has 1 amide bonds. The molecule has 0 radical (unpaired) electrons. The van der Waals surface area contributed by atoms with Gasteiger partial charge >= 0.3 is 5.69 Å². The van der Waals surface area contributed by atoms with Gasteiger partial charge < -0.3 is 10.4 Å². The van der Waals surface area contributed by atoms with Crippen LogP contribution in [0.15, 0.2) is 30.3 Å². The zero-order valence-electron chi connectivity index (χ0n) is 14.5. The fourth-order valence-corrected chi connectivity index (χ4v) is 2.64. The Labute approximate surface area is 145 Å². The number of aliphatic hydroxyl groups is 1. The quantitative estimate of drug-likeness (QED) is 0.587. The largest absolute Gasteiger partial charge is 0.384 e. The lowest BCUT2D eigenvalue weighted by Gasteiger charge is -2.24. The van der Waals surface area contributed by atoms with Crippen LogP contribution in [-0.2, 0) is 16.9 Å². The highest BCUT2D eigenvalue weighted by Crippen LogP contribution is 2.22. The summed E-state index contributed by atoms with van der Waals surface area (Å²) in [5, 5.41) is 28.2. The molecule has 0 aliphatic heterocycles. The lowest BCUT2D eigenvalue weighted by Crippen LogP contribution is -2.38. The van der Waals surface area contributed by atoms with Gasteiger partial charge in [-0.15, -0.1) is 0 Å². The molecule has 0 saturated carbocycles. The third-order valence-electron chi connectivity index (χ3n) is 4.10. The van der Waals surface area contributed by atoms with Gasteiger partial charge in [-0.1, -0.05) is 30.3 Å². The van der Waals surface area contributed by atoms with Crippen LogP contribution in [0.1, 0.15) is 30.3 Å². The molecule has 0 saturated heterocycles. The Morgan fingerprint density at radius 1 is 1.36 bits per heavy atom. The highest BCUT2D eigenvalue weighted by molar-refractivity contribution is 5.75. The summed E-state index contributed by atoms with van der Waals surface area (Å²) in [5.74, 6) is -0.258. The van der Waals surface area contributed by atoms with Crippen molar-refractivity contribution in [3.05, 3.63) is 57.4 Å². The molecule has 1 atom stereocenters. The number of aryl methyl sites for hydroxylation is 2. The van der Waals surface area contributed by atoms with Crippen LogP contribution in [0.5, 0.6) is 0 Å². The summed E-state index contributed by atoms with van der Waals surface area (Å²) < 4.78 is 1.46. The Morgan fingerprint density at radius 3 is 2.56 bits per heavy atom. The first-order valence-electron chi connectivity index (χ1n) is 7.95. The van der Waals surface area contributed by atoms with Crippen LogP contribution in [0, 0.1) is 24.0 Å². The van der Waals surface area contributed by atoms with Gasteiger partial charge in [-0.2, -0.15) is 5.10 Å². The highest BCUT2D eigenvalue weighted by Gasteiger charge is 2.24. The van der Waals surface area contributed by atoms with Crippen molar-refractivity contribution in [2.45, 2.75) is 39.3 Å². The number of hydrogen-bond donors (Lipinski definition) is 2. The van der Waals surface area contributed by atoms with Crippen LogP contribution in [-0.4, -0.2) is 32.3 Å². The van der Waals surface area contributed by atoms with Crippen molar-refractivity contribution in [3.8, 4) is 0 Å². The molecule has 8 heteroatoms. The van der Waals surface area contributed by atoms with Crippen LogP contribution in [0.3, 0.4) is 0 Å². The minimum Gasteiger partial charge on any atom is -0.384 e. The van der Waals surface area contributed by atoms with E-state index in [0.717, 1.165) is 0 Å². The second-order valence-electron chi connectivity index (χ2n) is 6.17. The summed E-state index contributed by atoms with van der Waals surface area (Å²) in [6.07, 6.45) is 0.115. The molecule has 0 spiro atoms. The average molecular weight is 346 g/mol. The van der Waals surface area contributed by atoms with Crippen molar-refractivity contribution >= 4 is 11.6 Å². The van der Waals surface area contributed by atoms with Gasteiger partial charge in [-0.25, -0.2) is 0 Å². The topological polar surface area (TPSA) is 110 Å². The molecule has 0 aliphatic rings. The summed E-state index contributed by atoms with van der Waals surface area (Å²) in [6, 6.07) is 9.08. The normalized spacial score (nSPS) is 13.3. The van der Waals surface area contributed by atoms with E-state index in [0.29, 0.717) is 17.0 Å². The molecule has 1 unspecified atom stereocenters. The Morgan fingerprint density at radius 2 is 2.00 bits per heavy atom. The summed E-state index contributed by atoms with van der Waals surface area (Å²) in [5.41, 5.74) is 0.270. The molecule has 1 aromatic carbocycles. The molecular weight excluding hydrogens is 324 g/mol. The first kappa shape index (κ1) is 18.6. The predicted molar refractivity (Wildman–Crippen MR) is 92.0 cm³/mol. The van der Waals surface area contributed by atoms with Crippen molar-refractivity contribution in [3.63, 3.8) is 0 Å². The number of amides is 1. The van der Waals surface area contributed by atoms with Gasteiger partial charge in [-0.05, 0) is 26.3 Å². The molecule has 2 aromatic rings. The Kier molecular flexibility index (Phi) is 5.53. The van der Waals surface area contributed by atoms with Crippen LogP contribution in [0.4, 0.5) is 5.69 Å². The lowest BCUT2D eigenvalue weighted by atomic mass is 9.96. The number of nitrogens with zero attached hydrogens (tertiary/aromatic N) is 3. The van der Waals surface area contributed by atoms with E-state index >= 15 is 0 Å². The van der Waals surface area contributed by atoms with E-state index in [9.17, 15) is 20.0 Å². The third-order valence-corrected chi connectivity index (χ3v) is 4.10. The molecule has 1 aromatic heterocycles. The molecule has 0 aliphatic carbocycles. The number of carbonyl (C=O) groups is 1. The zero-order chi connectivity index (χ0) is 18.6. The first-order valence-corrected chi connectivity index (χ1v) is 7.95. The second-order valence-corrected chi connectivity index (χ2v) is 6.17. The number of benzene rings is 1. The smallest absolute Gasteiger partial charge is 0.312 e. The van der Waals surface area contributed by atoms with E-state index in [1.54, 1.807) is 32.9 Å². The Hall–Kier alpha value is -2.74. The molecular formula is C17H22N4O4. The fraction of sp³-hybridized carbons (Fsp3) is 0.412. The van der Waals surface area contributed by atoms with Gasteiger partial charge in [-0.3, -0.25) is 19.6 Å². The monoisotopic (exact) mass is 346 g/mol. The molecule has 2 N–H and O–H groups in total. The van der Waals surface area contributed by atoms with Gasteiger partial charge in [0.1, 0.15) is 17.0 Å². The van der Waals surface area contributed by atoms with Crippen LogP contribution in [0.2, 0.25) is 0 Å². The van der Waals surface area contributed by atoms with Gasteiger partial charge in [0.2, 0.25) is 5.91 Å². The number of carbonyl (C=O) groups excluding carboxylic acids is 1. The maximum absolute atomic E-state index is 12.0. The van der Waals surface area contributed by atoms with Crippen LogP contribution >= 0.6 is 0 Å². The van der Waals surface area contributed by atoms with Gasteiger partial charge in [0, 0.05) is 6.42 Å². The average Bonchev–Trinajstić information content (AvgIpc) is 2.86. The Bertz CT molecular complexity index is 768. The van der Waals surface area contributed by atoms with Crippen molar-refractivity contribution in [2.24, 2.45) is 0 Å². The van der Waals surface area contributed by atoms with Gasteiger partial charge in [0.05, 0.1) is 18.0 Å². The highest BCUT2D eigenvalue weighted by atomic mass is 16.6. The minimum atomic E-state index is -1.17. The lowest BCUT2D eigenvalue weighted by molar-refractivity contribution is -0.386. The number of nitrogens with one attached hydrogen (secondary N) is 1. The molecule has 8 nitrogen and oxygen atoms in total. The molecule has 1 heterocycles. The number of aromatic nitrogens is 2. The van der Waals surface area contributed by atoms with E-state index in [4.69, 9.17) is 0 Å². The van der Waals surface area contributed by atoms with Crippen molar-refractivity contribution in [1.82, 2.24) is 15.1 Å². The fourth-order valence-electron chi connectivity index (χ4n) is 2.64. The zero-order valence-corrected chi connectivity index (χ0v) is 14.5. The van der Waals surface area contributed by atoms with Gasteiger partial charge in [0.15, 0.2) is 0 Å². The predicted octanol–water partition coefficient (Wildman–Crippen LogP) is 1.82. The van der Waals surface area contributed by atoms with E-state index in [1.807, 2.05) is 18.2 Å². The van der Waals surface area contributed by atoms with E-state index in [2.05, 4.69) is 10.4 Å². The molecule has 134 valence electrons. The van der Waals surface area contributed by atoms with Crippen molar-refractivity contribution < 1.29 is 14.8 Å². The number of hydrogen-bond acceptors (Lipinski definition) is 5. The Balaban J connectivity index is 1.91. The summed E-state index contributed by atoms with van der Waals surface area (Å²) >= 11 is 0. The summed E-state index contributed by atoms with van der Waals surface area (Å²) in [6.45, 7) is 5.12. The third kappa shape index (κ3) is 4.42. The van der Waals surface area contributed by atoms with Crippen LogP contribution < -0.4 is 5.32 Å². The summed E-state index contributed by atoms with van der Waals surface area (Å²) in [7, 11) is 0. The molecule has 0 bridgehead atoms. The summed E-state index contributed by atoms with van der Waals surface area (Å²) in [4.78, 5) is 22.6. The molecule has 25 heavy (non-hydrogen) atoms. The first-order chi connectivity index (χ1) is 11.7. The van der Waals surface area contributed by atoms with Gasteiger partial charge in [0.25, 0.3) is 0 Å². The van der Waals surface area contributed by atoms with E-state index in [1.165, 1.54) is 4.68 Å². The second kappa shape index (κ2) is 7.43. The van der Waals surface area contributed by atoms with E-state index < -0.39 is 10.5 Å². The SMILES string of the molecule is Cc1nn(CCC(=O)NCC(C)(O)c2ccccc2)c(C)c1[N+](=O)[O-]. The number of nitro groups is 1. The van der Waals surface area contributed by atoms with Crippen molar-refractivity contribution in [2.75, 3.05) is 6.54 Å². The van der Waals surface area contributed by atoms with Crippen LogP contribution in [0.25, 0.3) is 0 Å². The maximum atomic E-state index is 12.0. The standard InChI is InChI=1S/C17H22N4O4/c1-12-16(21(24)25)13(2)20(19-12)10-9-15(22)18-11-17(3,23)14-7-5-4-6-8-14/h4-8,23H,9-11H2,1-3H3,(H,18,22). The van der Waals surface area contributed by atoms with E-state index in [-0.39, 0.29) is 31.1 Å². The molecule has 0 fully saturated rings. The minimum absolute atomic E-state index is 0.0209. The van der Waals surface area contributed by atoms with Crippen molar-refractivity contribution in [1.29, 1.82) is 0 Å². The maximum Gasteiger partial charge on any atom is 0.312 e.